The van der Waals surface area contributed by atoms with Gasteiger partial charge in [0.1, 0.15) is 5.82 Å². The van der Waals surface area contributed by atoms with E-state index in [0.29, 0.717) is 12.0 Å². The average molecular weight is 473 g/mol. The highest BCUT2D eigenvalue weighted by atomic mass is 127. The van der Waals surface area contributed by atoms with E-state index in [2.05, 4.69) is 37.6 Å². The molecule has 0 bridgehead atoms. The largest absolute Gasteiger partial charge is 0.393 e. The lowest BCUT2D eigenvalue weighted by atomic mass is 10.0. The van der Waals surface area contributed by atoms with Crippen LogP contribution in [0.3, 0.4) is 0 Å². The Kier molecular flexibility index (Phi) is 8.40. The molecule has 2 unspecified atom stereocenters. The average Bonchev–Trinajstić information content (AvgIpc) is 3.04. The molecule has 2 aliphatic rings. The zero-order valence-electron chi connectivity index (χ0n) is 15.8. The third-order valence-electron chi connectivity index (χ3n) is 5.41. The summed E-state index contributed by atoms with van der Waals surface area (Å²) in [6.45, 7) is 4.85. The maximum absolute atomic E-state index is 9.94. The molecule has 0 radical (unpaired) electrons. The Balaban J connectivity index is 0.00000243. The van der Waals surface area contributed by atoms with Crippen LogP contribution in [0.2, 0.25) is 0 Å². The van der Waals surface area contributed by atoms with Gasteiger partial charge in [-0.05, 0) is 44.7 Å². The third-order valence-corrected chi connectivity index (χ3v) is 5.41. The molecule has 0 amide bonds. The summed E-state index contributed by atoms with van der Waals surface area (Å²) in [6, 6.07) is 6.63. The second kappa shape index (κ2) is 10.3. The molecule has 1 saturated heterocycles. The van der Waals surface area contributed by atoms with E-state index in [1.807, 2.05) is 20.0 Å². The molecule has 26 heavy (non-hydrogen) atoms. The van der Waals surface area contributed by atoms with Gasteiger partial charge in [-0.1, -0.05) is 12.5 Å². The first-order chi connectivity index (χ1) is 12.2. The molecular weight excluding hydrogens is 441 g/mol. The van der Waals surface area contributed by atoms with Crippen LogP contribution in [0.15, 0.2) is 23.2 Å². The van der Waals surface area contributed by atoms with Crippen molar-refractivity contribution < 1.29 is 5.11 Å². The highest BCUT2D eigenvalue weighted by Gasteiger charge is 2.26. The smallest absolute Gasteiger partial charge is 0.191 e. The molecule has 2 atom stereocenters. The number of pyridine rings is 1. The van der Waals surface area contributed by atoms with E-state index in [-0.39, 0.29) is 30.1 Å². The van der Waals surface area contributed by atoms with Crippen LogP contribution in [0, 0.1) is 12.8 Å². The van der Waals surface area contributed by atoms with Gasteiger partial charge in [-0.25, -0.2) is 4.98 Å². The van der Waals surface area contributed by atoms with E-state index in [9.17, 15) is 5.11 Å². The fourth-order valence-corrected chi connectivity index (χ4v) is 3.83. The molecule has 1 aliphatic heterocycles. The Morgan fingerprint density at radius 1 is 1.27 bits per heavy atom. The van der Waals surface area contributed by atoms with Crippen molar-refractivity contribution in [2.24, 2.45) is 10.9 Å². The Hall–Kier alpha value is -1.09. The van der Waals surface area contributed by atoms with Crippen molar-refractivity contribution in [3.63, 3.8) is 0 Å². The van der Waals surface area contributed by atoms with Gasteiger partial charge < -0.3 is 20.6 Å². The molecule has 1 saturated carbocycles. The summed E-state index contributed by atoms with van der Waals surface area (Å²) >= 11 is 0. The summed E-state index contributed by atoms with van der Waals surface area (Å²) in [5.41, 5.74) is 1.07. The predicted molar refractivity (Wildman–Crippen MR) is 117 cm³/mol. The number of aromatic nitrogens is 1. The van der Waals surface area contributed by atoms with Crippen LogP contribution >= 0.6 is 24.0 Å². The molecule has 3 N–H and O–H groups in total. The SMILES string of the molecule is CN=C(NCC1CCCC1O)NC1CCN(c2cccc(C)n2)CC1.I. The number of nitrogens with one attached hydrogen (secondary N) is 2. The molecule has 6 nitrogen and oxygen atoms in total. The second-order valence-corrected chi connectivity index (χ2v) is 7.25. The first kappa shape index (κ1) is 21.2. The van der Waals surface area contributed by atoms with Crippen molar-refractivity contribution in [3.05, 3.63) is 23.9 Å². The summed E-state index contributed by atoms with van der Waals surface area (Å²) < 4.78 is 0. The maximum Gasteiger partial charge on any atom is 0.191 e. The van der Waals surface area contributed by atoms with Crippen molar-refractivity contribution in [3.8, 4) is 0 Å². The zero-order valence-corrected chi connectivity index (χ0v) is 18.1. The summed E-state index contributed by atoms with van der Waals surface area (Å²) in [4.78, 5) is 11.3. The van der Waals surface area contributed by atoms with E-state index < -0.39 is 0 Å². The number of rotatable bonds is 4. The minimum atomic E-state index is -0.157. The molecule has 3 rings (SSSR count). The standard InChI is InChI=1S/C19H31N5O.HI/c1-14-5-3-8-18(22-14)24-11-9-16(10-12-24)23-19(20-2)21-13-15-6-4-7-17(15)25;/h3,5,8,15-17,25H,4,6-7,9-13H2,1-2H3,(H2,20,21,23);1H. The maximum atomic E-state index is 9.94. The monoisotopic (exact) mass is 473 g/mol. The Morgan fingerprint density at radius 2 is 2.04 bits per heavy atom. The quantitative estimate of drug-likeness (QED) is 0.356. The van der Waals surface area contributed by atoms with Gasteiger partial charge >= 0.3 is 0 Å². The summed E-state index contributed by atoms with van der Waals surface area (Å²) in [5.74, 6) is 2.29. The number of anilines is 1. The molecule has 2 fully saturated rings. The van der Waals surface area contributed by atoms with Gasteiger partial charge in [0.05, 0.1) is 6.10 Å². The van der Waals surface area contributed by atoms with Crippen LogP contribution < -0.4 is 15.5 Å². The number of aliphatic imine (C=N–C) groups is 1. The fraction of sp³-hybridized carbons (Fsp3) is 0.684. The van der Waals surface area contributed by atoms with Crippen molar-refractivity contribution in [2.75, 3.05) is 31.6 Å². The van der Waals surface area contributed by atoms with Gasteiger partial charge in [0, 0.05) is 44.3 Å². The second-order valence-electron chi connectivity index (χ2n) is 7.25. The van der Waals surface area contributed by atoms with Crippen molar-refractivity contribution in [1.29, 1.82) is 0 Å². The van der Waals surface area contributed by atoms with Gasteiger partial charge in [0.15, 0.2) is 5.96 Å². The lowest BCUT2D eigenvalue weighted by Gasteiger charge is -2.34. The third kappa shape index (κ3) is 5.70. The molecular formula is C19H32IN5O. The van der Waals surface area contributed by atoms with Crippen LogP contribution in [0.1, 0.15) is 37.8 Å². The number of aliphatic hydroxyl groups is 1. The molecule has 146 valence electrons. The summed E-state index contributed by atoms with van der Waals surface area (Å²) in [7, 11) is 1.81. The number of aliphatic hydroxyl groups excluding tert-OH is 1. The van der Waals surface area contributed by atoms with E-state index in [1.54, 1.807) is 0 Å². The number of piperidine rings is 1. The lowest BCUT2D eigenvalue weighted by molar-refractivity contribution is 0.134. The molecule has 2 heterocycles. The van der Waals surface area contributed by atoms with Crippen molar-refractivity contribution in [2.45, 2.75) is 51.2 Å². The number of hydrogen-bond acceptors (Lipinski definition) is 4. The number of guanidine groups is 1. The topological polar surface area (TPSA) is 72.8 Å². The molecule has 1 aromatic heterocycles. The van der Waals surface area contributed by atoms with E-state index in [0.717, 1.165) is 69.2 Å². The van der Waals surface area contributed by atoms with Crippen LogP contribution in [0.5, 0.6) is 0 Å². The molecule has 0 aromatic carbocycles. The van der Waals surface area contributed by atoms with Crippen LogP contribution in [-0.2, 0) is 0 Å². The van der Waals surface area contributed by atoms with Crippen LogP contribution in [-0.4, -0.2) is 54.9 Å². The highest BCUT2D eigenvalue weighted by molar-refractivity contribution is 14.0. The van der Waals surface area contributed by atoms with Gasteiger partial charge in [-0.2, -0.15) is 0 Å². The predicted octanol–water partition coefficient (Wildman–Crippen LogP) is 2.30. The Bertz CT molecular complexity index is 589. The van der Waals surface area contributed by atoms with Crippen LogP contribution in [0.25, 0.3) is 0 Å². The number of nitrogens with zero attached hydrogens (tertiary/aromatic N) is 3. The zero-order chi connectivity index (χ0) is 17.6. The molecule has 1 aromatic rings. The first-order valence-electron chi connectivity index (χ1n) is 9.49. The normalized spacial score (nSPS) is 24.3. The van der Waals surface area contributed by atoms with Gasteiger partial charge in [0.25, 0.3) is 0 Å². The summed E-state index contributed by atoms with van der Waals surface area (Å²) in [5, 5.41) is 16.9. The lowest BCUT2D eigenvalue weighted by Crippen LogP contribution is -2.49. The molecule has 0 spiro atoms. The Morgan fingerprint density at radius 3 is 2.65 bits per heavy atom. The fourth-order valence-electron chi connectivity index (χ4n) is 3.83. The minimum absolute atomic E-state index is 0. The van der Waals surface area contributed by atoms with Gasteiger partial charge in [-0.3, -0.25) is 4.99 Å². The van der Waals surface area contributed by atoms with Crippen LogP contribution in [0.4, 0.5) is 5.82 Å². The molecule has 1 aliphatic carbocycles. The minimum Gasteiger partial charge on any atom is -0.393 e. The van der Waals surface area contributed by atoms with E-state index in [4.69, 9.17) is 0 Å². The highest BCUT2D eigenvalue weighted by Crippen LogP contribution is 2.24. The van der Waals surface area contributed by atoms with E-state index in [1.165, 1.54) is 0 Å². The summed E-state index contributed by atoms with van der Waals surface area (Å²) in [6.07, 6.45) is 5.16. The first-order valence-corrected chi connectivity index (χ1v) is 9.49. The van der Waals surface area contributed by atoms with Gasteiger partial charge in [0.2, 0.25) is 0 Å². The number of halogens is 1. The van der Waals surface area contributed by atoms with E-state index >= 15 is 0 Å². The Labute approximate surface area is 173 Å². The molecule has 7 heteroatoms. The number of aryl methyl sites for hydroxylation is 1. The number of hydrogen-bond donors (Lipinski definition) is 3. The van der Waals surface area contributed by atoms with Gasteiger partial charge in [-0.15, -0.1) is 24.0 Å². The van der Waals surface area contributed by atoms with Crippen molar-refractivity contribution >= 4 is 35.8 Å². The van der Waals surface area contributed by atoms with Crippen molar-refractivity contribution in [1.82, 2.24) is 15.6 Å².